The molecular weight excluding hydrogens is 452 g/mol. The molecule has 3 aliphatic heterocycles. The van der Waals surface area contributed by atoms with Crippen LogP contribution in [0.15, 0.2) is 43.0 Å². The lowest BCUT2D eigenvalue weighted by Crippen LogP contribution is -2.60. The zero-order chi connectivity index (χ0) is 24.8. The SMILES string of the molecule is C=CCN(C(=O)C1N([C@@H](CO)Cc2ccccc2)C(=O)[C@@H]2[C@@H](C(=O)O)[C@H]3CCC12S3)C(C)(C)C. The van der Waals surface area contributed by atoms with Gasteiger partial charge in [0.1, 0.15) is 6.04 Å². The number of nitrogens with zero attached hydrogens (tertiary/aromatic N) is 2. The Kier molecular flexibility index (Phi) is 6.59. The molecule has 2 N–H and O–H groups in total. The number of aliphatic hydroxyl groups excluding tert-OH is 1. The number of thioether (sulfide) groups is 1. The standard InChI is InChI=1S/C26H34N2O5S/c1-5-13-27(25(2,3)4)23(31)21-26-12-11-18(34-26)19(24(32)33)20(26)22(30)28(21)17(15-29)14-16-9-7-6-8-10-16/h5-10,17-21,29H,1,11-15H2,2-4H3,(H,32,33)/t17-,18-,19+,20+,21?,26?/m1/s1. The second kappa shape index (κ2) is 9.04. The fraction of sp³-hybridized carbons (Fsp3) is 0.577. The van der Waals surface area contributed by atoms with Crippen LogP contribution in [-0.2, 0) is 20.8 Å². The number of amides is 2. The Morgan fingerprint density at radius 3 is 2.56 bits per heavy atom. The van der Waals surface area contributed by atoms with E-state index in [1.165, 1.54) is 11.8 Å². The zero-order valence-corrected chi connectivity index (χ0v) is 20.8. The van der Waals surface area contributed by atoms with Crippen molar-refractivity contribution in [1.82, 2.24) is 9.80 Å². The van der Waals surface area contributed by atoms with Crippen LogP contribution in [0.25, 0.3) is 0 Å². The number of carboxylic acid groups (broad SMARTS) is 1. The van der Waals surface area contributed by atoms with Gasteiger partial charge in [0.25, 0.3) is 0 Å². The predicted octanol–water partition coefficient (Wildman–Crippen LogP) is 2.58. The van der Waals surface area contributed by atoms with Gasteiger partial charge in [-0.15, -0.1) is 18.3 Å². The summed E-state index contributed by atoms with van der Waals surface area (Å²) in [7, 11) is 0. The molecule has 1 aromatic carbocycles. The summed E-state index contributed by atoms with van der Waals surface area (Å²) in [5, 5.41) is 20.3. The minimum absolute atomic E-state index is 0.173. The lowest BCUT2D eigenvalue weighted by atomic mass is 9.71. The van der Waals surface area contributed by atoms with E-state index >= 15 is 0 Å². The molecule has 1 spiro atoms. The van der Waals surface area contributed by atoms with Crippen LogP contribution in [0.2, 0.25) is 0 Å². The number of carbonyl (C=O) groups is 3. The zero-order valence-electron chi connectivity index (χ0n) is 20.0. The molecule has 0 aliphatic carbocycles. The molecule has 0 aromatic heterocycles. The van der Waals surface area contributed by atoms with Gasteiger partial charge in [-0.2, -0.15) is 0 Å². The van der Waals surface area contributed by atoms with Gasteiger partial charge < -0.3 is 20.0 Å². The van der Waals surface area contributed by atoms with Crippen LogP contribution >= 0.6 is 11.8 Å². The number of aliphatic hydroxyl groups is 1. The molecule has 2 amide bonds. The topological polar surface area (TPSA) is 98.2 Å². The van der Waals surface area contributed by atoms with Gasteiger partial charge in [-0.1, -0.05) is 36.4 Å². The first-order chi connectivity index (χ1) is 16.1. The molecule has 6 atom stereocenters. The average Bonchev–Trinajstić information content (AvgIpc) is 3.42. The predicted molar refractivity (Wildman–Crippen MR) is 131 cm³/mol. The highest BCUT2D eigenvalue weighted by Crippen LogP contribution is 2.66. The first-order valence-electron chi connectivity index (χ1n) is 11.9. The van der Waals surface area contributed by atoms with E-state index in [0.29, 0.717) is 25.8 Å². The van der Waals surface area contributed by atoms with Gasteiger partial charge in [0.05, 0.1) is 29.2 Å². The largest absolute Gasteiger partial charge is 0.481 e. The molecule has 0 saturated carbocycles. The highest BCUT2D eigenvalue weighted by molar-refractivity contribution is 8.02. The Morgan fingerprint density at radius 1 is 1.32 bits per heavy atom. The Morgan fingerprint density at radius 2 is 2.00 bits per heavy atom. The lowest BCUT2D eigenvalue weighted by Gasteiger charge is -2.43. The molecule has 3 aliphatic rings. The van der Waals surface area contributed by atoms with Crippen molar-refractivity contribution in [3.05, 3.63) is 48.6 Å². The minimum atomic E-state index is -0.979. The number of fused-ring (bicyclic) bond motifs is 1. The summed E-state index contributed by atoms with van der Waals surface area (Å²) in [6, 6.07) is 8.10. The lowest BCUT2D eigenvalue weighted by molar-refractivity contribution is -0.150. The number of carbonyl (C=O) groups excluding carboxylic acids is 2. The molecule has 7 nitrogen and oxygen atoms in total. The summed E-state index contributed by atoms with van der Waals surface area (Å²) >= 11 is 1.51. The van der Waals surface area contributed by atoms with Crippen LogP contribution in [0.4, 0.5) is 0 Å². The number of hydrogen-bond donors (Lipinski definition) is 2. The van der Waals surface area contributed by atoms with Crippen molar-refractivity contribution in [3.63, 3.8) is 0 Å². The molecule has 3 saturated heterocycles. The van der Waals surface area contributed by atoms with Crippen molar-refractivity contribution >= 4 is 29.5 Å². The normalized spacial score (nSPS) is 30.8. The van der Waals surface area contributed by atoms with E-state index in [4.69, 9.17) is 0 Å². The summed E-state index contributed by atoms with van der Waals surface area (Å²) in [6.07, 6.45) is 3.35. The molecule has 8 heteroatoms. The number of hydrogen-bond acceptors (Lipinski definition) is 5. The van der Waals surface area contributed by atoms with E-state index < -0.39 is 40.2 Å². The van der Waals surface area contributed by atoms with Crippen molar-refractivity contribution in [2.24, 2.45) is 11.8 Å². The second-order valence-electron chi connectivity index (χ2n) is 10.6. The molecule has 34 heavy (non-hydrogen) atoms. The summed E-state index contributed by atoms with van der Waals surface area (Å²) in [4.78, 5) is 43.7. The van der Waals surface area contributed by atoms with E-state index in [0.717, 1.165) is 5.56 Å². The van der Waals surface area contributed by atoms with E-state index in [1.54, 1.807) is 15.9 Å². The first kappa shape index (κ1) is 24.8. The summed E-state index contributed by atoms with van der Waals surface area (Å²) in [5.41, 5.74) is 0.427. The van der Waals surface area contributed by atoms with Crippen LogP contribution in [0.3, 0.4) is 0 Å². The third-order valence-corrected chi connectivity index (χ3v) is 9.51. The average molecular weight is 487 g/mol. The molecule has 4 rings (SSSR count). The maximum Gasteiger partial charge on any atom is 0.308 e. The van der Waals surface area contributed by atoms with Crippen LogP contribution in [0, 0.1) is 11.8 Å². The van der Waals surface area contributed by atoms with Gasteiger partial charge in [0.2, 0.25) is 11.8 Å². The van der Waals surface area contributed by atoms with Gasteiger partial charge >= 0.3 is 5.97 Å². The molecule has 184 valence electrons. The minimum Gasteiger partial charge on any atom is -0.481 e. The van der Waals surface area contributed by atoms with Crippen LogP contribution in [-0.4, -0.2) is 78.6 Å². The molecule has 2 unspecified atom stereocenters. The van der Waals surface area contributed by atoms with Gasteiger partial charge in [-0.3, -0.25) is 14.4 Å². The van der Waals surface area contributed by atoms with Gasteiger partial charge in [0.15, 0.2) is 0 Å². The number of carboxylic acids is 1. The molecule has 2 bridgehead atoms. The second-order valence-corrected chi connectivity index (χ2v) is 12.2. The van der Waals surface area contributed by atoms with E-state index in [-0.39, 0.29) is 23.7 Å². The summed E-state index contributed by atoms with van der Waals surface area (Å²) in [5.74, 6) is -3.08. The monoisotopic (exact) mass is 486 g/mol. The van der Waals surface area contributed by atoms with E-state index in [1.807, 2.05) is 51.1 Å². The van der Waals surface area contributed by atoms with Crippen molar-refractivity contribution in [1.29, 1.82) is 0 Å². The molecule has 3 heterocycles. The third-order valence-electron chi connectivity index (χ3n) is 7.56. The third kappa shape index (κ3) is 3.85. The summed E-state index contributed by atoms with van der Waals surface area (Å²) in [6.45, 7) is 9.65. The van der Waals surface area contributed by atoms with Crippen molar-refractivity contribution < 1.29 is 24.6 Å². The van der Waals surface area contributed by atoms with Crippen molar-refractivity contribution in [2.45, 2.75) is 67.7 Å². The Hall–Kier alpha value is -2.32. The highest BCUT2D eigenvalue weighted by Gasteiger charge is 2.74. The van der Waals surface area contributed by atoms with E-state index in [2.05, 4.69) is 6.58 Å². The Balaban J connectivity index is 1.81. The van der Waals surface area contributed by atoms with Gasteiger partial charge in [-0.25, -0.2) is 0 Å². The Labute approximate surface area is 205 Å². The number of rotatable bonds is 8. The van der Waals surface area contributed by atoms with Crippen molar-refractivity contribution in [3.8, 4) is 0 Å². The fourth-order valence-corrected chi connectivity index (χ4v) is 8.35. The Bertz CT molecular complexity index is 977. The highest BCUT2D eigenvalue weighted by atomic mass is 32.2. The molecule has 3 fully saturated rings. The van der Waals surface area contributed by atoms with Gasteiger partial charge in [0, 0.05) is 17.3 Å². The fourth-order valence-electron chi connectivity index (χ4n) is 6.15. The molecule has 1 aromatic rings. The van der Waals surface area contributed by atoms with Crippen LogP contribution in [0.5, 0.6) is 0 Å². The quantitative estimate of drug-likeness (QED) is 0.548. The maximum absolute atomic E-state index is 14.3. The number of aliphatic carboxylic acids is 1. The first-order valence-corrected chi connectivity index (χ1v) is 12.7. The summed E-state index contributed by atoms with van der Waals surface area (Å²) < 4.78 is -0.795. The molecular formula is C26H34N2O5S. The number of benzene rings is 1. The van der Waals surface area contributed by atoms with E-state index in [9.17, 15) is 24.6 Å². The number of likely N-dealkylation sites (tertiary alicyclic amines) is 1. The smallest absolute Gasteiger partial charge is 0.308 e. The van der Waals surface area contributed by atoms with Crippen molar-refractivity contribution in [2.75, 3.05) is 13.2 Å². The van der Waals surface area contributed by atoms with Crippen LogP contribution in [0.1, 0.15) is 39.2 Å². The van der Waals surface area contributed by atoms with Crippen LogP contribution < -0.4 is 0 Å². The van der Waals surface area contributed by atoms with Gasteiger partial charge in [-0.05, 0) is 45.6 Å². The maximum atomic E-state index is 14.3. The molecule has 0 radical (unpaired) electrons.